The van der Waals surface area contributed by atoms with E-state index in [1.54, 1.807) is 5.56 Å². The molecule has 7 aromatic rings. The average molecular weight is 912 g/mol. The van der Waals surface area contributed by atoms with Crippen LogP contribution < -0.4 is 0 Å². The molecular formula is C52H66N2S6. The minimum absolute atomic E-state index is 1.06. The topological polar surface area (TPSA) is 25.8 Å². The Hall–Kier alpha value is -2.46. The van der Waals surface area contributed by atoms with Crippen molar-refractivity contribution in [1.29, 1.82) is 0 Å². The van der Waals surface area contributed by atoms with Crippen molar-refractivity contribution in [3.63, 3.8) is 0 Å². The molecule has 0 fully saturated rings. The highest BCUT2D eigenvalue weighted by molar-refractivity contribution is 7.27. The highest BCUT2D eigenvalue weighted by Crippen LogP contribution is 2.49. The molecular weight excluding hydrogens is 845 g/mol. The van der Waals surface area contributed by atoms with Crippen LogP contribution in [0.3, 0.4) is 0 Å². The van der Waals surface area contributed by atoms with E-state index in [1.165, 1.54) is 197 Å². The molecule has 0 spiro atoms. The predicted molar refractivity (Wildman–Crippen MR) is 275 cm³/mol. The van der Waals surface area contributed by atoms with Crippen LogP contribution in [0.4, 0.5) is 0 Å². The smallest absolute Gasteiger partial charge is 0.114 e. The van der Waals surface area contributed by atoms with Crippen LogP contribution in [0.25, 0.3) is 61.2 Å². The van der Waals surface area contributed by atoms with Crippen LogP contribution in [0.15, 0.2) is 48.5 Å². The van der Waals surface area contributed by atoms with Gasteiger partial charge < -0.3 is 0 Å². The number of aromatic nitrogens is 2. The average Bonchev–Trinajstić information content (AvgIpc) is 4.12. The van der Waals surface area contributed by atoms with E-state index in [-0.39, 0.29) is 0 Å². The lowest BCUT2D eigenvalue weighted by Crippen LogP contribution is -1.86. The fraction of sp³-hybridized carbons (Fsp3) is 0.500. The second-order valence-corrected chi connectivity index (χ2v) is 23.1. The van der Waals surface area contributed by atoms with E-state index in [0.29, 0.717) is 0 Å². The van der Waals surface area contributed by atoms with E-state index in [4.69, 9.17) is 8.75 Å². The first-order chi connectivity index (χ1) is 29.4. The molecule has 7 rings (SSSR count). The summed E-state index contributed by atoms with van der Waals surface area (Å²) in [5, 5.41) is 0. The number of fused-ring (bicyclic) bond motifs is 1. The van der Waals surface area contributed by atoms with Crippen molar-refractivity contribution in [3.8, 4) is 50.1 Å². The van der Waals surface area contributed by atoms with Gasteiger partial charge in [-0.2, -0.15) is 8.75 Å². The number of unbranched alkanes of at least 4 members (excludes halogenated alkanes) is 12. The third-order valence-corrected chi connectivity index (χ3v) is 18.8. The first-order valence-corrected chi connectivity index (χ1v) is 28.0. The lowest BCUT2D eigenvalue weighted by Gasteiger charge is -2.03. The highest BCUT2D eigenvalue weighted by atomic mass is 32.1. The summed E-state index contributed by atoms with van der Waals surface area (Å²) in [5.41, 5.74) is 10.7. The molecule has 1 aromatic carbocycles. The van der Waals surface area contributed by atoms with E-state index >= 15 is 0 Å². The van der Waals surface area contributed by atoms with Gasteiger partial charge >= 0.3 is 0 Å². The van der Waals surface area contributed by atoms with Crippen molar-refractivity contribution < 1.29 is 0 Å². The van der Waals surface area contributed by atoms with E-state index in [1.807, 2.05) is 56.7 Å². The third-order valence-electron chi connectivity index (χ3n) is 12.0. The number of hydrogen-bond acceptors (Lipinski definition) is 8. The quantitative estimate of drug-likeness (QED) is 0.0534. The number of aryl methyl sites for hydroxylation is 6. The van der Waals surface area contributed by atoms with E-state index in [0.717, 1.165) is 30.3 Å². The zero-order chi connectivity index (χ0) is 41.8. The van der Waals surface area contributed by atoms with Crippen LogP contribution in [0.1, 0.15) is 162 Å². The molecule has 8 heteroatoms. The molecule has 0 unspecified atom stereocenters. The fourth-order valence-electron chi connectivity index (χ4n) is 8.52. The second-order valence-electron chi connectivity index (χ2n) is 16.9. The molecule has 0 saturated heterocycles. The number of hydrogen-bond donors (Lipinski definition) is 0. The number of rotatable bonds is 25. The van der Waals surface area contributed by atoms with Crippen LogP contribution >= 0.6 is 68.4 Å². The summed E-state index contributed by atoms with van der Waals surface area (Å²) in [7, 11) is 0. The Morgan fingerprint density at radius 1 is 0.383 bits per heavy atom. The van der Waals surface area contributed by atoms with Gasteiger partial charge in [-0.25, -0.2) is 0 Å². The predicted octanol–water partition coefficient (Wildman–Crippen LogP) is 19.4. The summed E-state index contributed by atoms with van der Waals surface area (Å²) in [5.74, 6) is 0. The Balaban J connectivity index is 1.24. The van der Waals surface area contributed by atoms with Gasteiger partial charge in [0.2, 0.25) is 0 Å². The molecule has 0 bridgehead atoms. The van der Waals surface area contributed by atoms with Crippen LogP contribution in [-0.4, -0.2) is 8.75 Å². The molecule has 2 nitrogen and oxygen atoms in total. The molecule has 0 aliphatic heterocycles. The number of benzene rings is 1. The summed E-state index contributed by atoms with van der Waals surface area (Å²) in [6, 6.07) is 19.5. The van der Waals surface area contributed by atoms with Gasteiger partial charge in [0.1, 0.15) is 11.0 Å². The molecule has 6 heterocycles. The maximum Gasteiger partial charge on any atom is 0.114 e. The first-order valence-electron chi connectivity index (χ1n) is 23.2. The maximum atomic E-state index is 5.05. The van der Waals surface area contributed by atoms with Crippen molar-refractivity contribution in [2.75, 3.05) is 0 Å². The van der Waals surface area contributed by atoms with Crippen molar-refractivity contribution >= 4 is 79.4 Å². The van der Waals surface area contributed by atoms with Crippen molar-refractivity contribution in [2.45, 2.75) is 170 Å². The van der Waals surface area contributed by atoms with Crippen LogP contribution in [0.5, 0.6) is 0 Å². The maximum absolute atomic E-state index is 5.05. The zero-order valence-electron chi connectivity index (χ0n) is 37.1. The van der Waals surface area contributed by atoms with Crippen molar-refractivity contribution in [1.82, 2.24) is 8.75 Å². The minimum atomic E-state index is 1.06. The molecule has 0 aliphatic rings. The SMILES string of the molecule is CCCCCCc1cc(-c2sc(-c3ccc(-c4cc(CCCCCC)c(-c5cc(CCCCCC)c(-c6ccc(C)s6)s5)s4)c4nsnc34)cc2CCCCCC)sc1C. The Labute approximate surface area is 385 Å². The van der Waals surface area contributed by atoms with Gasteiger partial charge in [-0.05, 0) is 124 Å². The van der Waals surface area contributed by atoms with Crippen LogP contribution in [0, 0.1) is 13.8 Å². The van der Waals surface area contributed by atoms with Crippen molar-refractivity contribution in [2.24, 2.45) is 0 Å². The van der Waals surface area contributed by atoms with Gasteiger partial charge in [-0.15, -0.1) is 56.7 Å². The Morgan fingerprint density at radius 2 is 0.783 bits per heavy atom. The molecule has 0 radical (unpaired) electrons. The standard InChI is InChI=1S/C52H66N2S6/c1-7-11-15-19-23-37-31-46(56-36(37)6)51-38(24-20-16-12-8-2)32-44(57-51)41-28-29-42(49-48(41)53-60-54-49)45-33-39(25-21-17-13-9-3)52(58-45)47-34-40(26-22-18-14-10-4)50(59-47)43-30-27-35(5)55-43/h27-34H,7-26H2,1-6H3. The van der Waals surface area contributed by atoms with Gasteiger partial charge in [-0.1, -0.05) is 117 Å². The fourth-order valence-corrected chi connectivity index (χ4v) is 15.1. The van der Waals surface area contributed by atoms with Gasteiger partial charge in [0.25, 0.3) is 0 Å². The molecule has 0 aliphatic carbocycles. The van der Waals surface area contributed by atoms with Gasteiger partial charge in [0.15, 0.2) is 0 Å². The monoisotopic (exact) mass is 910 g/mol. The molecule has 0 amide bonds. The first kappa shape index (κ1) is 45.6. The normalized spacial score (nSPS) is 11.8. The summed E-state index contributed by atoms with van der Waals surface area (Å²) in [4.78, 5) is 14.3. The Morgan fingerprint density at radius 3 is 1.23 bits per heavy atom. The Kier molecular flexibility index (Phi) is 17.3. The van der Waals surface area contributed by atoms with Gasteiger partial charge in [0.05, 0.1) is 11.7 Å². The third kappa shape index (κ3) is 11.2. The zero-order valence-corrected chi connectivity index (χ0v) is 42.0. The lowest BCUT2D eigenvalue weighted by atomic mass is 10.0. The summed E-state index contributed by atoms with van der Waals surface area (Å²) < 4.78 is 10.1. The van der Waals surface area contributed by atoms with Crippen LogP contribution in [0.2, 0.25) is 0 Å². The minimum Gasteiger partial charge on any atom is -0.172 e. The molecule has 0 N–H and O–H groups in total. The highest BCUT2D eigenvalue weighted by Gasteiger charge is 2.23. The summed E-state index contributed by atoms with van der Waals surface area (Å²) in [6.07, 6.45) is 25.3. The lowest BCUT2D eigenvalue weighted by molar-refractivity contribution is 0.666. The summed E-state index contributed by atoms with van der Waals surface area (Å²) >= 11 is 11.3. The molecule has 6 aromatic heterocycles. The van der Waals surface area contributed by atoms with E-state index < -0.39 is 0 Å². The van der Waals surface area contributed by atoms with Crippen LogP contribution in [-0.2, 0) is 25.7 Å². The van der Waals surface area contributed by atoms with Gasteiger partial charge in [-0.3, -0.25) is 0 Å². The molecule has 320 valence electrons. The second kappa shape index (κ2) is 22.8. The summed E-state index contributed by atoms with van der Waals surface area (Å²) in [6.45, 7) is 13.8. The molecule has 0 atom stereocenters. The molecule has 0 saturated carbocycles. The number of nitrogens with zero attached hydrogens (tertiary/aromatic N) is 2. The van der Waals surface area contributed by atoms with E-state index in [2.05, 4.69) is 90.1 Å². The van der Waals surface area contributed by atoms with Gasteiger partial charge in [0, 0.05) is 59.9 Å². The van der Waals surface area contributed by atoms with E-state index in [9.17, 15) is 0 Å². The Bertz CT molecular complexity index is 2390. The molecule has 60 heavy (non-hydrogen) atoms. The number of thiophene rings is 5. The van der Waals surface area contributed by atoms with Crippen molar-refractivity contribution in [3.05, 3.63) is 80.5 Å². The largest absolute Gasteiger partial charge is 0.172 e.